The molecule has 1 fully saturated rings. The van der Waals surface area contributed by atoms with E-state index in [2.05, 4.69) is 19.4 Å². The second-order valence-corrected chi connectivity index (χ2v) is 6.24. The fourth-order valence-corrected chi connectivity index (χ4v) is 3.09. The van der Waals surface area contributed by atoms with Crippen molar-refractivity contribution >= 4 is 5.95 Å². The van der Waals surface area contributed by atoms with Crippen LogP contribution in [0, 0.1) is 0 Å². The first-order valence-electron chi connectivity index (χ1n) is 8.54. The molecule has 25 heavy (non-hydrogen) atoms. The maximum absolute atomic E-state index is 5.81. The molecular formula is C19H22N4O2. The summed E-state index contributed by atoms with van der Waals surface area (Å²) in [5.41, 5.74) is 0. The van der Waals surface area contributed by atoms with Crippen molar-refractivity contribution in [2.45, 2.75) is 6.54 Å². The smallest absolute Gasteiger partial charge is 0.290 e. The van der Waals surface area contributed by atoms with Crippen molar-refractivity contribution in [3.05, 3.63) is 60.6 Å². The van der Waals surface area contributed by atoms with Crippen molar-refractivity contribution in [2.24, 2.45) is 7.05 Å². The summed E-state index contributed by atoms with van der Waals surface area (Å²) in [4.78, 5) is 9.14. The highest BCUT2D eigenvalue weighted by Crippen LogP contribution is 2.24. The standard InChI is InChI=1S/C19H22N4O2/c1-21-10-9-20-19(21)23-13-11-22(12-14-23)15-17-7-8-18(25-17)24-16-5-3-2-4-6-16/h2-10H,11-15H2,1H3. The Kier molecular flexibility index (Phi) is 4.43. The van der Waals surface area contributed by atoms with E-state index < -0.39 is 0 Å². The van der Waals surface area contributed by atoms with Crippen LogP contribution in [0.2, 0.25) is 0 Å². The van der Waals surface area contributed by atoms with E-state index in [4.69, 9.17) is 9.15 Å². The van der Waals surface area contributed by atoms with Gasteiger partial charge in [-0.3, -0.25) is 4.90 Å². The average Bonchev–Trinajstić information content (AvgIpc) is 3.26. The van der Waals surface area contributed by atoms with Crippen molar-refractivity contribution in [1.82, 2.24) is 14.5 Å². The van der Waals surface area contributed by atoms with Gasteiger partial charge in [0.15, 0.2) is 0 Å². The maximum atomic E-state index is 5.81. The summed E-state index contributed by atoms with van der Waals surface area (Å²) in [6.45, 7) is 4.72. The van der Waals surface area contributed by atoms with Crippen LogP contribution in [0.4, 0.5) is 5.95 Å². The molecule has 3 aromatic rings. The number of aryl methyl sites for hydroxylation is 1. The van der Waals surface area contributed by atoms with Crippen molar-refractivity contribution in [3.63, 3.8) is 0 Å². The molecule has 3 heterocycles. The van der Waals surface area contributed by atoms with Gasteiger partial charge in [0.25, 0.3) is 5.95 Å². The van der Waals surface area contributed by atoms with Crippen LogP contribution in [0.15, 0.2) is 59.3 Å². The minimum Gasteiger partial charge on any atom is -0.429 e. The van der Waals surface area contributed by atoms with E-state index in [9.17, 15) is 0 Å². The molecule has 6 heteroatoms. The summed E-state index contributed by atoms with van der Waals surface area (Å²) in [5.74, 6) is 3.28. The van der Waals surface area contributed by atoms with Crippen LogP contribution >= 0.6 is 0 Å². The van der Waals surface area contributed by atoms with Crippen LogP contribution in [0.25, 0.3) is 0 Å². The highest BCUT2D eigenvalue weighted by atomic mass is 16.6. The number of anilines is 1. The van der Waals surface area contributed by atoms with E-state index >= 15 is 0 Å². The molecule has 130 valence electrons. The van der Waals surface area contributed by atoms with E-state index in [0.717, 1.165) is 50.2 Å². The molecule has 0 atom stereocenters. The van der Waals surface area contributed by atoms with Gasteiger partial charge in [-0.05, 0) is 18.2 Å². The molecule has 1 aliphatic rings. The molecule has 1 aliphatic heterocycles. The van der Waals surface area contributed by atoms with Gasteiger partial charge in [-0.2, -0.15) is 0 Å². The number of imidazole rings is 1. The molecule has 2 aromatic heterocycles. The predicted octanol–water partition coefficient (Wildman–Crippen LogP) is 3.13. The molecule has 1 saturated heterocycles. The van der Waals surface area contributed by atoms with Crippen molar-refractivity contribution in [2.75, 3.05) is 31.1 Å². The van der Waals surface area contributed by atoms with E-state index in [0.29, 0.717) is 5.95 Å². The lowest BCUT2D eigenvalue weighted by molar-refractivity contribution is 0.221. The Morgan fingerprint density at radius 2 is 1.84 bits per heavy atom. The molecule has 0 N–H and O–H groups in total. The van der Waals surface area contributed by atoms with Gasteiger partial charge < -0.3 is 18.6 Å². The van der Waals surface area contributed by atoms with Gasteiger partial charge in [-0.1, -0.05) is 18.2 Å². The summed E-state index contributed by atoms with van der Waals surface area (Å²) in [5, 5.41) is 0. The van der Waals surface area contributed by atoms with Crippen LogP contribution in [0.1, 0.15) is 5.76 Å². The third-order valence-electron chi connectivity index (χ3n) is 4.43. The zero-order valence-corrected chi connectivity index (χ0v) is 14.3. The average molecular weight is 338 g/mol. The lowest BCUT2D eigenvalue weighted by Gasteiger charge is -2.34. The number of hydrogen-bond donors (Lipinski definition) is 0. The molecular weight excluding hydrogens is 316 g/mol. The monoisotopic (exact) mass is 338 g/mol. The Morgan fingerprint density at radius 3 is 2.56 bits per heavy atom. The van der Waals surface area contributed by atoms with Gasteiger partial charge in [0.2, 0.25) is 5.95 Å². The Balaban J connectivity index is 1.31. The van der Waals surface area contributed by atoms with Gasteiger partial charge in [-0.25, -0.2) is 4.98 Å². The van der Waals surface area contributed by atoms with Crippen LogP contribution < -0.4 is 9.64 Å². The highest BCUT2D eigenvalue weighted by molar-refractivity contribution is 5.31. The number of nitrogens with zero attached hydrogens (tertiary/aromatic N) is 4. The summed E-state index contributed by atoms with van der Waals surface area (Å²) < 4.78 is 13.6. The zero-order chi connectivity index (χ0) is 17.1. The number of benzene rings is 1. The number of aromatic nitrogens is 2. The van der Waals surface area contributed by atoms with E-state index in [1.54, 1.807) is 0 Å². The number of rotatable bonds is 5. The first-order chi connectivity index (χ1) is 12.3. The summed E-state index contributed by atoms with van der Waals surface area (Å²) in [7, 11) is 2.03. The van der Waals surface area contributed by atoms with E-state index in [1.165, 1.54) is 0 Å². The fraction of sp³-hybridized carbons (Fsp3) is 0.316. The minimum atomic E-state index is 0.535. The Hall–Kier alpha value is -2.73. The van der Waals surface area contributed by atoms with E-state index in [1.807, 2.05) is 61.9 Å². The SMILES string of the molecule is Cn1ccnc1N1CCN(Cc2ccc(Oc3ccccc3)o2)CC1. The molecule has 0 bridgehead atoms. The quantitative estimate of drug-likeness (QED) is 0.715. The van der Waals surface area contributed by atoms with Crippen molar-refractivity contribution < 1.29 is 9.15 Å². The minimum absolute atomic E-state index is 0.535. The Labute approximate surface area is 147 Å². The molecule has 1 aromatic carbocycles. The summed E-state index contributed by atoms with van der Waals surface area (Å²) in [6, 6.07) is 13.6. The second-order valence-electron chi connectivity index (χ2n) is 6.24. The normalized spacial score (nSPS) is 15.5. The first kappa shape index (κ1) is 15.8. The zero-order valence-electron chi connectivity index (χ0n) is 14.3. The third kappa shape index (κ3) is 3.69. The molecule has 0 saturated carbocycles. The highest BCUT2D eigenvalue weighted by Gasteiger charge is 2.20. The molecule has 0 aliphatic carbocycles. The third-order valence-corrected chi connectivity index (χ3v) is 4.43. The van der Waals surface area contributed by atoms with Gasteiger partial charge in [0.1, 0.15) is 11.5 Å². The van der Waals surface area contributed by atoms with Crippen LogP contribution in [-0.4, -0.2) is 40.6 Å². The number of furan rings is 1. The largest absolute Gasteiger partial charge is 0.429 e. The number of ether oxygens (including phenoxy) is 1. The van der Waals surface area contributed by atoms with Crippen LogP contribution in [-0.2, 0) is 13.6 Å². The Bertz CT molecular complexity index is 804. The molecule has 0 radical (unpaired) electrons. The molecule has 6 nitrogen and oxygen atoms in total. The molecule has 0 amide bonds. The van der Waals surface area contributed by atoms with Crippen LogP contribution in [0.5, 0.6) is 11.7 Å². The second kappa shape index (κ2) is 7.03. The van der Waals surface area contributed by atoms with Crippen molar-refractivity contribution in [1.29, 1.82) is 0 Å². The number of piperazine rings is 1. The van der Waals surface area contributed by atoms with Crippen molar-refractivity contribution in [3.8, 4) is 11.7 Å². The summed E-state index contributed by atoms with van der Waals surface area (Å²) in [6.07, 6.45) is 3.83. The lowest BCUT2D eigenvalue weighted by atomic mass is 10.3. The summed E-state index contributed by atoms with van der Waals surface area (Å²) >= 11 is 0. The van der Waals surface area contributed by atoms with Crippen LogP contribution in [0.3, 0.4) is 0 Å². The predicted molar refractivity (Wildman–Crippen MR) is 95.9 cm³/mol. The van der Waals surface area contributed by atoms with Gasteiger partial charge in [0.05, 0.1) is 6.54 Å². The lowest BCUT2D eigenvalue weighted by Crippen LogP contribution is -2.46. The molecule has 0 unspecified atom stereocenters. The number of para-hydroxylation sites is 1. The fourth-order valence-electron chi connectivity index (χ4n) is 3.09. The van der Waals surface area contributed by atoms with Gasteiger partial charge in [0, 0.05) is 51.7 Å². The Morgan fingerprint density at radius 1 is 1.04 bits per heavy atom. The first-order valence-corrected chi connectivity index (χ1v) is 8.54. The topological polar surface area (TPSA) is 46.7 Å². The molecule has 4 rings (SSSR count). The van der Waals surface area contributed by atoms with E-state index in [-0.39, 0.29) is 0 Å². The number of hydrogen-bond acceptors (Lipinski definition) is 5. The van der Waals surface area contributed by atoms with Gasteiger partial charge in [-0.15, -0.1) is 0 Å². The maximum Gasteiger partial charge on any atom is 0.290 e. The molecule has 0 spiro atoms. The van der Waals surface area contributed by atoms with Gasteiger partial charge >= 0.3 is 0 Å².